The third-order valence-electron chi connectivity index (χ3n) is 4.94. The van der Waals surface area contributed by atoms with Crippen LogP contribution in [0, 0.1) is 5.92 Å². The summed E-state index contributed by atoms with van der Waals surface area (Å²) in [6, 6.07) is 10.1. The molecule has 2 heterocycles. The molecule has 3 heteroatoms. The molecule has 0 N–H and O–H groups in total. The van der Waals surface area contributed by atoms with Gasteiger partial charge in [-0.15, -0.1) is 0 Å². The first-order valence-electron chi connectivity index (χ1n) is 8.31. The molecule has 0 aliphatic carbocycles. The molecule has 2 aliphatic heterocycles. The zero-order valence-corrected chi connectivity index (χ0v) is 14.8. The van der Waals surface area contributed by atoms with Gasteiger partial charge in [-0.05, 0) is 45.3 Å². The van der Waals surface area contributed by atoms with Crippen molar-refractivity contribution in [1.82, 2.24) is 0 Å². The topological polar surface area (TPSA) is 35.5 Å². The maximum atomic E-state index is 12.0. The minimum Gasteiger partial charge on any atom is -0.492 e. The van der Waals surface area contributed by atoms with Crippen molar-refractivity contribution in [2.24, 2.45) is 5.92 Å². The van der Waals surface area contributed by atoms with E-state index in [2.05, 4.69) is 18.7 Å². The van der Waals surface area contributed by atoms with E-state index in [0.29, 0.717) is 18.6 Å². The molecular formula is C21H24O3. The SMILES string of the molecule is C=C(C)C1COC(c2ccccc2)=C1CC1=C(C)C(=O)OC1(C)C. The van der Waals surface area contributed by atoms with Crippen LogP contribution in [-0.2, 0) is 14.3 Å². The zero-order chi connectivity index (χ0) is 17.5. The van der Waals surface area contributed by atoms with Gasteiger partial charge in [-0.1, -0.05) is 42.5 Å². The Balaban J connectivity index is 2.06. The minimum atomic E-state index is -0.571. The first kappa shape index (κ1) is 16.6. The summed E-state index contributed by atoms with van der Waals surface area (Å²) in [6.07, 6.45) is 0.673. The second-order valence-corrected chi connectivity index (χ2v) is 7.11. The van der Waals surface area contributed by atoms with Crippen LogP contribution in [0.4, 0.5) is 0 Å². The predicted octanol–water partition coefficient (Wildman–Crippen LogP) is 4.66. The third kappa shape index (κ3) is 2.79. The minimum absolute atomic E-state index is 0.173. The van der Waals surface area contributed by atoms with E-state index in [-0.39, 0.29) is 11.9 Å². The first-order chi connectivity index (χ1) is 11.3. The molecule has 0 aromatic heterocycles. The summed E-state index contributed by atoms with van der Waals surface area (Å²) in [5.74, 6) is 0.869. The van der Waals surface area contributed by atoms with Crippen molar-refractivity contribution in [3.63, 3.8) is 0 Å². The lowest BCUT2D eigenvalue weighted by Gasteiger charge is -2.23. The number of hydrogen-bond donors (Lipinski definition) is 0. The molecule has 0 bridgehead atoms. The van der Waals surface area contributed by atoms with Crippen LogP contribution in [0.1, 0.15) is 39.7 Å². The average Bonchev–Trinajstić information content (AvgIpc) is 3.03. The smallest absolute Gasteiger partial charge is 0.334 e. The summed E-state index contributed by atoms with van der Waals surface area (Å²) in [5, 5.41) is 0. The summed E-state index contributed by atoms with van der Waals surface area (Å²) in [5.41, 5.74) is 4.52. The molecule has 0 fully saturated rings. The molecule has 1 aromatic carbocycles. The third-order valence-corrected chi connectivity index (χ3v) is 4.94. The van der Waals surface area contributed by atoms with Gasteiger partial charge in [0.15, 0.2) is 0 Å². The average molecular weight is 324 g/mol. The molecule has 0 spiro atoms. The van der Waals surface area contributed by atoms with Crippen LogP contribution in [0.25, 0.3) is 5.76 Å². The largest absolute Gasteiger partial charge is 0.492 e. The quantitative estimate of drug-likeness (QED) is 0.597. The highest BCUT2D eigenvalue weighted by Gasteiger charge is 2.40. The van der Waals surface area contributed by atoms with Gasteiger partial charge in [-0.3, -0.25) is 0 Å². The van der Waals surface area contributed by atoms with Gasteiger partial charge in [-0.2, -0.15) is 0 Å². The molecule has 1 aromatic rings. The summed E-state index contributed by atoms with van der Waals surface area (Å²) in [6.45, 7) is 12.5. The van der Waals surface area contributed by atoms with Crippen LogP contribution < -0.4 is 0 Å². The Kier molecular flexibility index (Phi) is 4.12. The van der Waals surface area contributed by atoms with E-state index >= 15 is 0 Å². The highest BCUT2D eigenvalue weighted by Crippen LogP contribution is 2.44. The fourth-order valence-corrected chi connectivity index (χ4v) is 3.50. The van der Waals surface area contributed by atoms with E-state index in [4.69, 9.17) is 9.47 Å². The fraction of sp³-hybridized carbons (Fsp3) is 0.381. The van der Waals surface area contributed by atoms with Crippen LogP contribution in [0.3, 0.4) is 0 Å². The Hall–Kier alpha value is -2.29. The van der Waals surface area contributed by atoms with Crippen LogP contribution >= 0.6 is 0 Å². The van der Waals surface area contributed by atoms with E-state index in [1.165, 1.54) is 5.57 Å². The van der Waals surface area contributed by atoms with Gasteiger partial charge in [-0.25, -0.2) is 4.79 Å². The Bertz CT molecular complexity index is 751. The second kappa shape index (κ2) is 5.97. The van der Waals surface area contributed by atoms with Gasteiger partial charge in [0, 0.05) is 17.1 Å². The van der Waals surface area contributed by atoms with Crippen molar-refractivity contribution in [2.75, 3.05) is 6.61 Å². The van der Waals surface area contributed by atoms with Gasteiger partial charge in [0.2, 0.25) is 0 Å². The number of benzene rings is 1. The van der Waals surface area contributed by atoms with Crippen molar-refractivity contribution in [2.45, 2.75) is 39.7 Å². The van der Waals surface area contributed by atoms with Crippen LogP contribution in [0.15, 0.2) is 59.2 Å². The summed E-state index contributed by atoms with van der Waals surface area (Å²) < 4.78 is 11.6. The van der Waals surface area contributed by atoms with Crippen LogP contribution in [0.2, 0.25) is 0 Å². The molecule has 3 nitrogen and oxygen atoms in total. The Morgan fingerprint density at radius 3 is 2.50 bits per heavy atom. The number of esters is 1. The molecule has 0 saturated carbocycles. The molecule has 24 heavy (non-hydrogen) atoms. The zero-order valence-electron chi connectivity index (χ0n) is 14.8. The van der Waals surface area contributed by atoms with Crippen molar-refractivity contribution >= 4 is 11.7 Å². The lowest BCUT2D eigenvalue weighted by atomic mass is 9.83. The molecule has 0 amide bonds. The molecule has 2 aliphatic rings. The van der Waals surface area contributed by atoms with Gasteiger partial charge in [0.25, 0.3) is 0 Å². The Morgan fingerprint density at radius 2 is 1.96 bits per heavy atom. The normalized spacial score (nSPS) is 22.7. The number of cyclic esters (lactones) is 1. The lowest BCUT2D eigenvalue weighted by Crippen LogP contribution is -2.24. The van der Waals surface area contributed by atoms with E-state index in [1.807, 2.05) is 45.9 Å². The number of carbonyl (C=O) groups excluding carboxylic acids is 1. The molecule has 1 atom stereocenters. The first-order valence-corrected chi connectivity index (χ1v) is 8.31. The number of hydrogen-bond acceptors (Lipinski definition) is 3. The Labute approximate surface area is 143 Å². The fourth-order valence-electron chi connectivity index (χ4n) is 3.50. The molecule has 126 valence electrons. The second-order valence-electron chi connectivity index (χ2n) is 7.11. The van der Waals surface area contributed by atoms with Gasteiger partial charge < -0.3 is 9.47 Å². The van der Waals surface area contributed by atoms with Crippen molar-refractivity contribution in [3.8, 4) is 0 Å². The van der Waals surface area contributed by atoms with Crippen molar-refractivity contribution < 1.29 is 14.3 Å². The van der Waals surface area contributed by atoms with Gasteiger partial charge >= 0.3 is 5.97 Å². The lowest BCUT2D eigenvalue weighted by molar-refractivity contribution is -0.144. The number of ether oxygens (including phenoxy) is 2. The van der Waals surface area contributed by atoms with Crippen LogP contribution in [-0.4, -0.2) is 18.2 Å². The molecule has 0 radical (unpaired) electrons. The molecule has 3 rings (SSSR count). The number of rotatable bonds is 4. The summed E-state index contributed by atoms with van der Waals surface area (Å²) >= 11 is 0. The molecule has 0 saturated heterocycles. The highest BCUT2D eigenvalue weighted by atomic mass is 16.6. The summed E-state index contributed by atoms with van der Waals surface area (Å²) in [7, 11) is 0. The monoisotopic (exact) mass is 324 g/mol. The predicted molar refractivity (Wildman–Crippen MR) is 95.1 cm³/mol. The Morgan fingerprint density at radius 1 is 1.29 bits per heavy atom. The number of carbonyl (C=O) groups is 1. The van der Waals surface area contributed by atoms with Gasteiger partial charge in [0.1, 0.15) is 11.4 Å². The van der Waals surface area contributed by atoms with Crippen molar-refractivity contribution in [1.29, 1.82) is 0 Å². The maximum absolute atomic E-state index is 12.0. The summed E-state index contributed by atoms with van der Waals surface area (Å²) in [4.78, 5) is 12.0. The van der Waals surface area contributed by atoms with Gasteiger partial charge in [0.05, 0.1) is 6.61 Å². The molecule has 1 unspecified atom stereocenters. The maximum Gasteiger partial charge on any atom is 0.334 e. The standard InChI is InChI=1S/C21H24O3/c1-13(2)17-12-23-19(15-9-7-6-8-10-15)16(17)11-18-14(3)20(22)24-21(18,4)5/h6-10,17H,1,11-12H2,2-5H3. The van der Waals surface area contributed by atoms with Crippen LogP contribution in [0.5, 0.6) is 0 Å². The van der Waals surface area contributed by atoms with E-state index in [1.54, 1.807) is 0 Å². The van der Waals surface area contributed by atoms with E-state index in [9.17, 15) is 4.79 Å². The van der Waals surface area contributed by atoms with Crippen molar-refractivity contribution in [3.05, 3.63) is 64.8 Å². The van der Waals surface area contributed by atoms with E-state index < -0.39 is 5.60 Å². The van der Waals surface area contributed by atoms with E-state index in [0.717, 1.165) is 22.5 Å². The molecular weight excluding hydrogens is 300 g/mol. The highest BCUT2D eigenvalue weighted by molar-refractivity contribution is 5.92.